The average molecular weight is 437 g/mol. The first-order valence-corrected chi connectivity index (χ1v) is 10.7. The van der Waals surface area contributed by atoms with Gasteiger partial charge in [0, 0.05) is 37.0 Å². The molecular weight excluding hydrogens is 405 g/mol. The molecule has 4 atom stereocenters. The zero-order chi connectivity index (χ0) is 22.8. The van der Waals surface area contributed by atoms with Crippen LogP contribution in [-0.2, 0) is 15.7 Å². The molecule has 7 heteroatoms. The first kappa shape index (κ1) is 23.4. The maximum absolute atomic E-state index is 13.2. The number of hydrogen-bond donors (Lipinski definition) is 1. The van der Waals surface area contributed by atoms with E-state index in [0.29, 0.717) is 13.1 Å². The normalized spacial score (nSPS) is 25.4. The van der Waals surface area contributed by atoms with Gasteiger partial charge in [0.15, 0.2) is 0 Å². The summed E-state index contributed by atoms with van der Waals surface area (Å²) >= 11 is 0. The number of rotatable bonds is 6. The van der Waals surface area contributed by atoms with E-state index in [-0.39, 0.29) is 35.7 Å². The van der Waals surface area contributed by atoms with Crippen molar-refractivity contribution in [2.75, 3.05) is 20.2 Å². The first-order valence-electron chi connectivity index (χ1n) is 10.7. The second-order valence-corrected chi connectivity index (χ2v) is 8.75. The molecule has 31 heavy (non-hydrogen) atoms. The standard InChI is InChI=1S/C24H31F3N2O2/c1-15(2)29-13-21(17-8-10-19(11-9-17)24(25,26)27)22(14-29)23(30)28-16(3)18-6-5-7-20(12-18)31-4/h5,7-12,15-16,18,21-22H,6,13-14H2,1-4H3,(H,28,30)/t16-,18?,21-,22+/m0/s1. The van der Waals surface area contributed by atoms with Crippen LogP contribution in [0.2, 0.25) is 0 Å². The van der Waals surface area contributed by atoms with E-state index in [9.17, 15) is 18.0 Å². The molecule has 0 saturated carbocycles. The lowest BCUT2D eigenvalue weighted by Gasteiger charge is -2.27. The maximum atomic E-state index is 13.2. The number of nitrogens with zero attached hydrogens (tertiary/aromatic N) is 1. The zero-order valence-corrected chi connectivity index (χ0v) is 18.4. The van der Waals surface area contributed by atoms with Crippen LogP contribution in [0.5, 0.6) is 0 Å². The molecule has 0 spiro atoms. The molecule has 1 unspecified atom stereocenters. The van der Waals surface area contributed by atoms with Crippen molar-refractivity contribution in [2.24, 2.45) is 11.8 Å². The number of hydrogen-bond acceptors (Lipinski definition) is 3. The summed E-state index contributed by atoms with van der Waals surface area (Å²) < 4.78 is 44.2. The zero-order valence-electron chi connectivity index (χ0n) is 18.4. The number of carbonyl (C=O) groups is 1. The summed E-state index contributed by atoms with van der Waals surface area (Å²) in [5.41, 5.74) is 0.0989. The third-order valence-corrected chi connectivity index (χ3v) is 6.40. The van der Waals surface area contributed by atoms with Crippen LogP contribution < -0.4 is 5.32 Å². The molecule has 3 rings (SSSR count). The lowest BCUT2D eigenvalue weighted by atomic mass is 9.87. The third kappa shape index (κ3) is 5.50. The lowest BCUT2D eigenvalue weighted by molar-refractivity contribution is -0.137. The topological polar surface area (TPSA) is 41.6 Å². The number of methoxy groups -OCH3 is 1. The molecule has 0 radical (unpaired) electrons. The number of benzene rings is 1. The third-order valence-electron chi connectivity index (χ3n) is 6.40. The number of ether oxygens (including phenoxy) is 1. The Labute approximate surface area is 182 Å². The Morgan fingerprint density at radius 3 is 2.42 bits per heavy atom. The highest BCUT2D eigenvalue weighted by Gasteiger charge is 2.40. The minimum atomic E-state index is -4.37. The molecule has 1 fully saturated rings. The van der Waals surface area contributed by atoms with Gasteiger partial charge in [0.25, 0.3) is 0 Å². The number of halogens is 3. The highest BCUT2D eigenvalue weighted by Crippen LogP contribution is 2.36. The Morgan fingerprint density at radius 2 is 1.84 bits per heavy atom. The monoisotopic (exact) mass is 436 g/mol. The predicted molar refractivity (Wildman–Crippen MR) is 114 cm³/mol. The largest absolute Gasteiger partial charge is 0.497 e. The number of allylic oxidation sites excluding steroid dienone is 2. The van der Waals surface area contributed by atoms with Gasteiger partial charge in [-0.05, 0) is 57.0 Å². The lowest BCUT2D eigenvalue weighted by Crippen LogP contribution is -2.43. The Bertz CT molecular complexity index is 830. The van der Waals surface area contributed by atoms with Crippen LogP contribution in [0.1, 0.15) is 44.2 Å². The molecule has 1 aliphatic heterocycles. The molecule has 4 nitrogen and oxygen atoms in total. The van der Waals surface area contributed by atoms with Crippen LogP contribution in [0.3, 0.4) is 0 Å². The van der Waals surface area contributed by atoms with Crippen LogP contribution in [0.15, 0.2) is 48.3 Å². The summed E-state index contributed by atoms with van der Waals surface area (Å²) in [7, 11) is 1.62. The minimum absolute atomic E-state index is 0.0533. The highest BCUT2D eigenvalue weighted by atomic mass is 19.4. The molecule has 1 aromatic rings. The summed E-state index contributed by atoms with van der Waals surface area (Å²) in [4.78, 5) is 15.5. The van der Waals surface area contributed by atoms with Gasteiger partial charge in [-0.3, -0.25) is 9.69 Å². The molecule has 1 saturated heterocycles. The molecule has 0 aromatic heterocycles. The van der Waals surface area contributed by atoms with Gasteiger partial charge in [0.05, 0.1) is 18.6 Å². The summed E-state index contributed by atoms with van der Waals surface area (Å²) in [6.45, 7) is 7.35. The fraction of sp³-hybridized carbons (Fsp3) is 0.542. The Balaban J connectivity index is 1.76. The summed E-state index contributed by atoms with van der Waals surface area (Å²) in [6.07, 6.45) is 2.43. The van der Waals surface area contributed by atoms with Crippen molar-refractivity contribution in [3.05, 3.63) is 59.4 Å². The van der Waals surface area contributed by atoms with Crippen LogP contribution in [0, 0.1) is 11.8 Å². The van der Waals surface area contributed by atoms with Crippen LogP contribution in [-0.4, -0.2) is 43.1 Å². The van der Waals surface area contributed by atoms with Gasteiger partial charge < -0.3 is 10.1 Å². The second kappa shape index (κ2) is 9.47. The van der Waals surface area contributed by atoms with E-state index in [2.05, 4.69) is 24.1 Å². The molecule has 1 aliphatic carbocycles. The van der Waals surface area contributed by atoms with E-state index in [1.54, 1.807) is 7.11 Å². The highest BCUT2D eigenvalue weighted by molar-refractivity contribution is 5.81. The number of carbonyl (C=O) groups excluding carboxylic acids is 1. The van der Waals surface area contributed by atoms with Crippen LogP contribution >= 0.6 is 0 Å². The molecule has 1 N–H and O–H groups in total. The molecule has 2 aliphatic rings. The number of alkyl halides is 3. The Hall–Kier alpha value is -2.28. The van der Waals surface area contributed by atoms with Gasteiger partial charge in [-0.1, -0.05) is 18.2 Å². The summed E-state index contributed by atoms with van der Waals surface area (Å²) in [6, 6.07) is 5.42. The second-order valence-electron chi connectivity index (χ2n) is 8.75. The van der Waals surface area contributed by atoms with Crippen molar-refractivity contribution in [2.45, 2.75) is 51.4 Å². The Morgan fingerprint density at radius 1 is 1.16 bits per heavy atom. The minimum Gasteiger partial charge on any atom is -0.497 e. The fourth-order valence-corrected chi connectivity index (χ4v) is 4.38. The molecular formula is C24H31F3N2O2. The quantitative estimate of drug-likeness (QED) is 0.700. The van der Waals surface area contributed by atoms with Crippen molar-refractivity contribution in [1.82, 2.24) is 10.2 Å². The molecule has 1 amide bonds. The van der Waals surface area contributed by atoms with E-state index in [1.807, 2.05) is 25.2 Å². The van der Waals surface area contributed by atoms with Gasteiger partial charge in [-0.15, -0.1) is 0 Å². The molecule has 170 valence electrons. The van der Waals surface area contributed by atoms with E-state index in [1.165, 1.54) is 12.1 Å². The van der Waals surface area contributed by atoms with Crippen molar-refractivity contribution in [1.29, 1.82) is 0 Å². The van der Waals surface area contributed by atoms with Crippen LogP contribution in [0.25, 0.3) is 0 Å². The van der Waals surface area contributed by atoms with Crippen molar-refractivity contribution in [3.63, 3.8) is 0 Å². The van der Waals surface area contributed by atoms with E-state index < -0.39 is 11.7 Å². The maximum Gasteiger partial charge on any atom is 0.416 e. The SMILES string of the molecule is COC1=CC([C@H](C)NC(=O)[C@@H]2CN(C(C)C)C[C@H]2c2ccc(C(F)(F)F)cc2)CC=C1. The predicted octanol–water partition coefficient (Wildman–Crippen LogP) is 4.74. The molecule has 1 aromatic carbocycles. The van der Waals surface area contributed by atoms with Crippen LogP contribution in [0.4, 0.5) is 13.2 Å². The number of nitrogens with one attached hydrogen (secondary N) is 1. The summed E-state index contributed by atoms with van der Waals surface area (Å²) in [5.74, 6) is 0.408. The molecule has 1 heterocycles. The van der Waals surface area contributed by atoms with Crippen molar-refractivity contribution in [3.8, 4) is 0 Å². The van der Waals surface area contributed by atoms with Gasteiger partial charge >= 0.3 is 6.18 Å². The smallest absolute Gasteiger partial charge is 0.416 e. The van der Waals surface area contributed by atoms with Crippen molar-refractivity contribution < 1.29 is 22.7 Å². The summed E-state index contributed by atoms with van der Waals surface area (Å²) in [5, 5.41) is 3.15. The fourth-order valence-electron chi connectivity index (χ4n) is 4.38. The molecule has 0 bridgehead atoms. The van der Waals surface area contributed by atoms with Crippen molar-refractivity contribution >= 4 is 5.91 Å². The number of amides is 1. The van der Waals surface area contributed by atoms with Gasteiger partial charge in [-0.25, -0.2) is 0 Å². The van der Waals surface area contributed by atoms with Gasteiger partial charge in [0.1, 0.15) is 5.76 Å². The van der Waals surface area contributed by atoms with E-state index in [0.717, 1.165) is 29.9 Å². The first-order chi connectivity index (χ1) is 14.6. The van der Waals surface area contributed by atoms with Gasteiger partial charge in [0.2, 0.25) is 5.91 Å². The van der Waals surface area contributed by atoms with E-state index >= 15 is 0 Å². The average Bonchev–Trinajstić information content (AvgIpc) is 3.19. The van der Waals surface area contributed by atoms with Gasteiger partial charge in [-0.2, -0.15) is 13.2 Å². The Kier molecular flexibility index (Phi) is 7.14. The van der Waals surface area contributed by atoms with E-state index in [4.69, 9.17) is 4.74 Å². The number of likely N-dealkylation sites (tertiary alicyclic amines) is 1.